The molecule has 1 fully saturated rings. The van der Waals surface area contributed by atoms with Crippen molar-refractivity contribution in [2.24, 2.45) is 0 Å². The second-order valence-corrected chi connectivity index (χ2v) is 13.2. The molecular formula is C39H43N3O7S. The van der Waals surface area contributed by atoms with E-state index >= 15 is 0 Å². The molecule has 5 rings (SSSR count). The van der Waals surface area contributed by atoms with Gasteiger partial charge in [0.1, 0.15) is 0 Å². The number of hydrogen-bond acceptors (Lipinski definition) is 8. The first-order valence-electron chi connectivity index (χ1n) is 16.8. The normalized spacial score (nSPS) is 17.2. The topological polar surface area (TPSA) is 160 Å². The maximum Gasteiger partial charge on any atom is 0.336 e. The van der Waals surface area contributed by atoms with Gasteiger partial charge in [-0.15, -0.1) is 11.8 Å². The van der Waals surface area contributed by atoms with E-state index in [1.807, 2.05) is 66.7 Å². The largest absolute Gasteiger partial charge is 0.478 e. The number of aliphatic hydroxyl groups excluding tert-OH is 1. The Hall–Kier alpha value is -4.68. The number of rotatable bonds is 16. The Morgan fingerprint density at radius 3 is 2.20 bits per heavy atom. The third-order valence-corrected chi connectivity index (χ3v) is 9.60. The number of aliphatic hydroxyl groups is 1. The molecule has 1 aliphatic rings. The molecule has 0 aromatic heterocycles. The Kier molecular flexibility index (Phi) is 13.4. The number of anilines is 3. The van der Waals surface area contributed by atoms with Gasteiger partial charge in [0, 0.05) is 41.2 Å². The van der Waals surface area contributed by atoms with Crippen LogP contribution in [0.15, 0.2) is 102 Å². The third kappa shape index (κ3) is 10.7. The average Bonchev–Trinajstić information content (AvgIpc) is 3.13. The Balaban J connectivity index is 1.14. The summed E-state index contributed by atoms with van der Waals surface area (Å²) < 4.78 is 12.9. The monoisotopic (exact) mass is 697 g/mol. The Bertz CT molecular complexity index is 1750. The minimum absolute atomic E-state index is 0.0531. The van der Waals surface area contributed by atoms with Crippen LogP contribution < -0.4 is 16.4 Å². The molecule has 10 nitrogen and oxygen atoms in total. The zero-order valence-electron chi connectivity index (χ0n) is 27.8. The van der Waals surface area contributed by atoms with Crippen LogP contribution in [0.2, 0.25) is 0 Å². The van der Waals surface area contributed by atoms with E-state index in [4.69, 9.17) is 15.2 Å². The van der Waals surface area contributed by atoms with Crippen LogP contribution in [0.5, 0.6) is 0 Å². The number of nitrogens with two attached hydrogens (primary N) is 1. The third-order valence-electron chi connectivity index (χ3n) is 8.39. The molecule has 2 amide bonds. The van der Waals surface area contributed by atoms with Crippen LogP contribution in [0.1, 0.15) is 84.4 Å². The van der Waals surface area contributed by atoms with E-state index in [9.17, 15) is 24.6 Å². The number of amides is 2. The summed E-state index contributed by atoms with van der Waals surface area (Å²) in [6.45, 7) is -0.0531. The van der Waals surface area contributed by atoms with Gasteiger partial charge in [-0.1, -0.05) is 73.5 Å². The predicted molar refractivity (Wildman–Crippen MR) is 195 cm³/mol. The summed E-state index contributed by atoms with van der Waals surface area (Å²) in [7, 11) is 0. The van der Waals surface area contributed by atoms with Crippen LogP contribution in [0.25, 0.3) is 0 Å². The van der Waals surface area contributed by atoms with Crippen molar-refractivity contribution >= 4 is 46.6 Å². The van der Waals surface area contributed by atoms with Gasteiger partial charge in [-0.3, -0.25) is 9.59 Å². The van der Waals surface area contributed by atoms with Crippen LogP contribution in [0.3, 0.4) is 0 Å². The first-order valence-corrected chi connectivity index (χ1v) is 17.8. The fourth-order valence-electron chi connectivity index (χ4n) is 5.71. The van der Waals surface area contributed by atoms with Crippen LogP contribution in [-0.2, 0) is 25.7 Å². The summed E-state index contributed by atoms with van der Waals surface area (Å²) in [4.78, 5) is 37.5. The Morgan fingerprint density at radius 2 is 1.48 bits per heavy atom. The lowest BCUT2D eigenvalue weighted by atomic mass is 10.0. The number of aromatic carboxylic acids is 1. The molecule has 3 atom stereocenters. The minimum atomic E-state index is -0.977. The zero-order chi connectivity index (χ0) is 35.3. The number of carboxylic acid groups (broad SMARTS) is 1. The van der Waals surface area contributed by atoms with E-state index in [0.29, 0.717) is 53.4 Å². The van der Waals surface area contributed by atoms with Crippen molar-refractivity contribution in [3.8, 4) is 0 Å². The van der Waals surface area contributed by atoms with Crippen molar-refractivity contribution in [1.82, 2.24) is 0 Å². The molecule has 0 aliphatic carbocycles. The number of benzene rings is 4. The summed E-state index contributed by atoms with van der Waals surface area (Å²) in [5.74, 6) is -0.642. The molecule has 6 N–H and O–H groups in total. The SMILES string of the molecule is Nc1ccccc1NC(=O)CCCCCCC(=O)Nc1cccc(C2OC(CSc3ccccc3C(=O)O)CC(c3ccc(CO)cc3)O2)c1. The van der Waals surface area contributed by atoms with Crippen LogP contribution in [0.4, 0.5) is 17.1 Å². The Labute approximate surface area is 296 Å². The van der Waals surface area contributed by atoms with Gasteiger partial charge in [0.05, 0.1) is 35.8 Å². The van der Waals surface area contributed by atoms with E-state index in [0.717, 1.165) is 36.0 Å². The first kappa shape index (κ1) is 36.6. The number of hydrogen-bond donors (Lipinski definition) is 5. The molecular weight excluding hydrogens is 655 g/mol. The van der Waals surface area contributed by atoms with Crippen LogP contribution in [-0.4, -0.2) is 39.9 Å². The fraction of sp³-hybridized carbons (Fsp3) is 0.308. The highest BCUT2D eigenvalue weighted by Crippen LogP contribution is 2.40. The van der Waals surface area contributed by atoms with E-state index in [1.165, 1.54) is 11.8 Å². The quantitative estimate of drug-likeness (QED) is 0.0449. The standard InChI is InChI=1S/C39H43N3O7S/c40-32-13-6-7-14-33(32)42-37(45)17-4-2-1-3-16-36(44)41-29-11-9-10-28(22-29)39-48-30(25-50-35-15-8-5-12-31(35)38(46)47)23-34(49-39)27-20-18-26(24-43)19-21-27/h5-15,18-22,30,34,39,43H,1-4,16-17,23-25,40H2,(H,41,44)(H,42,45)(H,46,47). The number of carboxylic acids is 1. The highest BCUT2D eigenvalue weighted by atomic mass is 32.2. The number of thioether (sulfide) groups is 1. The summed E-state index contributed by atoms with van der Waals surface area (Å²) in [6, 6.07) is 29.1. The van der Waals surface area contributed by atoms with Gasteiger partial charge >= 0.3 is 5.97 Å². The van der Waals surface area contributed by atoms with Gasteiger partial charge in [0.25, 0.3) is 0 Å². The lowest BCUT2D eigenvalue weighted by molar-refractivity contribution is -0.245. The molecule has 4 aromatic rings. The lowest BCUT2D eigenvalue weighted by Gasteiger charge is -2.36. The second-order valence-electron chi connectivity index (χ2n) is 12.2. The maximum absolute atomic E-state index is 12.8. The Morgan fingerprint density at radius 1 is 0.780 bits per heavy atom. The number of ether oxygens (including phenoxy) is 2. The number of unbranched alkanes of at least 4 members (excludes halogenated alkanes) is 3. The van der Waals surface area contributed by atoms with Crippen molar-refractivity contribution in [1.29, 1.82) is 0 Å². The van der Waals surface area contributed by atoms with E-state index < -0.39 is 12.3 Å². The maximum atomic E-state index is 12.8. The van der Waals surface area contributed by atoms with Crippen molar-refractivity contribution in [2.75, 3.05) is 22.1 Å². The molecule has 11 heteroatoms. The van der Waals surface area contributed by atoms with E-state index in [2.05, 4.69) is 10.6 Å². The van der Waals surface area contributed by atoms with Crippen molar-refractivity contribution in [2.45, 2.75) is 74.9 Å². The number of carbonyl (C=O) groups excluding carboxylic acids is 2. The van der Waals surface area contributed by atoms with E-state index in [1.54, 1.807) is 30.3 Å². The van der Waals surface area contributed by atoms with Crippen LogP contribution >= 0.6 is 11.8 Å². The van der Waals surface area contributed by atoms with Gasteiger partial charge in [-0.05, 0) is 60.4 Å². The smallest absolute Gasteiger partial charge is 0.336 e. The predicted octanol–water partition coefficient (Wildman–Crippen LogP) is 7.71. The molecule has 1 heterocycles. The molecule has 3 unspecified atom stereocenters. The van der Waals surface area contributed by atoms with Gasteiger partial charge in [0.15, 0.2) is 6.29 Å². The van der Waals surface area contributed by atoms with Crippen molar-refractivity contribution in [3.05, 3.63) is 119 Å². The van der Waals surface area contributed by atoms with Gasteiger partial charge < -0.3 is 36.1 Å². The molecule has 262 valence electrons. The first-order chi connectivity index (χ1) is 24.3. The number of para-hydroxylation sites is 2. The summed E-state index contributed by atoms with van der Waals surface area (Å²) in [5.41, 5.74) is 10.4. The summed E-state index contributed by atoms with van der Waals surface area (Å²) in [5, 5.41) is 25.0. The number of nitrogens with one attached hydrogen (secondary N) is 2. The molecule has 1 aliphatic heterocycles. The molecule has 50 heavy (non-hydrogen) atoms. The molecule has 0 radical (unpaired) electrons. The fourth-order valence-corrected chi connectivity index (χ4v) is 6.78. The lowest BCUT2D eigenvalue weighted by Crippen LogP contribution is -2.31. The zero-order valence-corrected chi connectivity index (χ0v) is 28.6. The van der Waals surface area contributed by atoms with Crippen molar-refractivity contribution < 1.29 is 34.1 Å². The van der Waals surface area contributed by atoms with Gasteiger partial charge in [0.2, 0.25) is 11.8 Å². The molecule has 1 saturated heterocycles. The summed E-state index contributed by atoms with van der Waals surface area (Å²) in [6.07, 6.45) is 3.11. The molecule has 0 bridgehead atoms. The summed E-state index contributed by atoms with van der Waals surface area (Å²) >= 11 is 1.43. The molecule has 0 spiro atoms. The second kappa shape index (κ2) is 18.4. The van der Waals surface area contributed by atoms with Crippen LogP contribution in [0, 0.1) is 0 Å². The molecule has 4 aromatic carbocycles. The van der Waals surface area contributed by atoms with Crippen molar-refractivity contribution in [3.63, 3.8) is 0 Å². The number of carbonyl (C=O) groups is 3. The average molecular weight is 698 g/mol. The highest BCUT2D eigenvalue weighted by molar-refractivity contribution is 7.99. The molecule has 0 saturated carbocycles. The van der Waals surface area contributed by atoms with Gasteiger partial charge in [-0.25, -0.2) is 4.79 Å². The highest BCUT2D eigenvalue weighted by Gasteiger charge is 2.32. The van der Waals surface area contributed by atoms with E-state index in [-0.39, 0.29) is 36.2 Å². The number of nitrogen functional groups attached to an aromatic ring is 1. The minimum Gasteiger partial charge on any atom is -0.478 e. The van der Waals surface area contributed by atoms with Gasteiger partial charge in [-0.2, -0.15) is 0 Å².